The number of carbonyl (C=O) groups excluding carboxylic acids is 2. The summed E-state index contributed by atoms with van der Waals surface area (Å²) in [6, 6.07) is 24.6. The van der Waals surface area contributed by atoms with Gasteiger partial charge in [-0.2, -0.15) is 0 Å². The van der Waals surface area contributed by atoms with E-state index in [1.165, 1.54) is 4.90 Å². The fraction of sp³-hybridized carbons (Fsp3) is 0.107. The Kier molecular flexibility index (Phi) is 5.79. The number of aromatic nitrogens is 1. The second kappa shape index (κ2) is 9.19. The maximum Gasteiger partial charge on any atom is 0.278 e. The van der Waals surface area contributed by atoms with Crippen molar-refractivity contribution >= 4 is 33.8 Å². The highest BCUT2D eigenvalue weighted by molar-refractivity contribution is 6.36. The lowest BCUT2D eigenvalue weighted by Crippen LogP contribution is -2.32. The van der Waals surface area contributed by atoms with Crippen LogP contribution >= 0.6 is 0 Å². The number of hydrogen-bond acceptors (Lipinski definition) is 5. The summed E-state index contributed by atoms with van der Waals surface area (Å²) in [5.74, 6) is -0.00850. The smallest absolute Gasteiger partial charge is 0.278 e. The van der Waals surface area contributed by atoms with Gasteiger partial charge in [0.15, 0.2) is 0 Å². The number of anilines is 1. The first-order valence-corrected chi connectivity index (χ1v) is 11.1. The highest BCUT2D eigenvalue weighted by Crippen LogP contribution is 2.34. The van der Waals surface area contributed by atoms with Gasteiger partial charge >= 0.3 is 0 Å². The van der Waals surface area contributed by atoms with Gasteiger partial charge in [0.25, 0.3) is 11.8 Å². The fourth-order valence-corrected chi connectivity index (χ4v) is 4.13. The van der Waals surface area contributed by atoms with Crippen LogP contribution in [0.15, 0.2) is 97.0 Å². The second-order valence-electron chi connectivity index (χ2n) is 7.92. The molecule has 0 spiro atoms. The fourth-order valence-electron chi connectivity index (χ4n) is 4.13. The summed E-state index contributed by atoms with van der Waals surface area (Å²) in [5.41, 5.74) is 2.79. The Morgan fingerprint density at radius 2 is 1.68 bits per heavy atom. The van der Waals surface area contributed by atoms with Gasteiger partial charge in [0.1, 0.15) is 11.4 Å². The zero-order chi connectivity index (χ0) is 23.5. The van der Waals surface area contributed by atoms with Crippen molar-refractivity contribution in [1.82, 2.24) is 9.88 Å². The molecule has 6 heteroatoms. The van der Waals surface area contributed by atoms with Gasteiger partial charge in [0, 0.05) is 23.5 Å². The van der Waals surface area contributed by atoms with Crippen LogP contribution in [0.1, 0.15) is 18.1 Å². The Labute approximate surface area is 197 Å². The monoisotopic (exact) mass is 449 g/mol. The van der Waals surface area contributed by atoms with Crippen LogP contribution in [0.3, 0.4) is 0 Å². The first-order valence-electron chi connectivity index (χ1n) is 11.1. The van der Waals surface area contributed by atoms with Gasteiger partial charge in [0.2, 0.25) is 0 Å². The number of carbonyl (C=O) groups is 2. The molecule has 4 aromatic rings. The minimum atomic E-state index is -0.370. The summed E-state index contributed by atoms with van der Waals surface area (Å²) in [4.78, 5) is 32.5. The average Bonchev–Trinajstić information content (AvgIpc) is 3.10. The Hall–Kier alpha value is -4.45. The number of benzene rings is 3. The molecule has 0 saturated heterocycles. The molecule has 2 heterocycles. The molecule has 5 rings (SSSR count). The van der Waals surface area contributed by atoms with Gasteiger partial charge < -0.3 is 10.1 Å². The highest BCUT2D eigenvalue weighted by Gasteiger charge is 2.39. The number of nitrogens with one attached hydrogen (secondary N) is 1. The predicted octanol–water partition coefficient (Wildman–Crippen LogP) is 5.03. The summed E-state index contributed by atoms with van der Waals surface area (Å²) in [7, 11) is 0. The van der Waals surface area contributed by atoms with Crippen LogP contribution in [-0.2, 0) is 16.1 Å². The van der Waals surface area contributed by atoms with Crippen LogP contribution in [-0.4, -0.2) is 28.3 Å². The maximum absolute atomic E-state index is 13.6. The number of amides is 2. The average molecular weight is 450 g/mol. The van der Waals surface area contributed by atoms with Crippen molar-refractivity contribution in [2.24, 2.45) is 0 Å². The molecule has 0 bridgehead atoms. The number of ether oxygens (including phenoxy) is 1. The molecule has 1 aromatic heterocycles. The van der Waals surface area contributed by atoms with Crippen molar-refractivity contribution in [2.75, 3.05) is 11.9 Å². The van der Waals surface area contributed by atoms with Crippen LogP contribution < -0.4 is 10.1 Å². The number of pyridine rings is 1. The van der Waals surface area contributed by atoms with E-state index in [0.29, 0.717) is 23.5 Å². The van der Waals surface area contributed by atoms with E-state index >= 15 is 0 Å². The molecule has 0 saturated carbocycles. The third-order valence-corrected chi connectivity index (χ3v) is 5.73. The largest absolute Gasteiger partial charge is 0.494 e. The van der Waals surface area contributed by atoms with Crippen LogP contribution in [0.2, 0.25) is 0 Å². The van der Waals surface area contributed by atoms with Gasteiger partial charge in [-0.1, -0.05) is 54.6 Å². The van der Waals surface area contributed by atoms with Crippen molar-refractivity contribution in [1.29, 1.82) is 0 Å². The zero-order valence-electron chi connectivity index (χ0n) is 18.7. The number of imide groups is 1. The predicted molar refractivity (Wildman–Crippen MR) is 132 cm³/mol. The number of rotatable bonds is 7. The lowest BCUT2D eigenvalue weighted by molar-refractivity contribution is -0.137. The van der Waals surface area contributed by atoms with Crippen molar-refractivity contribution < 1.29 is 14.3 Å². The SMILES string of the molecule is CCOc1ccc(C2=C(Nc3cccc4ccccc34)C(=O)N(Cc3cccnc3)C2=O)cc1. The Morgan fingerprint density at radius 3 is 2.44 bits per heavy atom. The Balaban J connectivity index is 1.58. The first kappa shape index (κ1) is 21.4. The molecule has 34 heavy (non-hydrogen) atoms. The zero-order valence-corrected chi connectivity index (χ0v) is 18.7. The van der Waals surface area contributed by atoms with E-state index in [2.05, 4.69) is 10.3 Å². The minimum Gasteiger partial charge on any atom is -0.494 e. The van der Waals surface area contributed by atoms with E-state index in [1.807, 2.05) is 79.7 Å². The Morgan fingerprint density at radius 1 is 0.882 bits per heavy atom. The summed E-state index contributed by atoms with van der Waals surface area (Å²) in [5, 5.41) is 5.30. The molecule has 0 radical (unpaired) electrons. The molecular formula is C28H23N3O3. The molecule has 0 unspecified atom stereocenters. The number of fused-ring (bicyclic) bond motifs is 1. The van der Waals surface area contributed by atoms with E-state index in [0.717, 1.165) is 22.0 Å². The Bertz CT molecular complexity index is 1390. The van der Waals surface area contributed by atoms with E-state index in [4.69, 9.17) is 4.74 Å². The quantitative estimate of drug-likeness (QED) is 0.401. The van der Waals surface area contributed by atoms with Gasteiger partial charge in [0.05, 0.1) is 18.7 Å². The van der Waals surface area contributed by atoms with Crippen LogP contribution in [0.4, 0.5) is 5.69 Å². The summed E-state index contributed by atoms with van der Waals surface area (Å²) in [6.07, 6.45) is 3.32. The number of hydrogen-bond donors (Lipinski definition) is 1. The molecule has 1 aliphatic heterocycles. The lowest BCUT2D eigenvalue weighted by atomic mass is 10.0. The third kappa shape index (κ3) is 4.01. The summed E-state index contributed by atoms with van der Waals surface area (Å²) in [6.45, 7) is 2.61. The van der Waals surface area contributed by atoms with E-state index < -0.39 is 0 Å². The third-order valence-electron chi connectivity index (χ3n) is 5.73. The number of nitrogens with zero attached hydrogens (tertiary/aromatic N) is 2. The van der Waals surface area contributed by atoms with Crippen LogP contribution in [0, 0.1) is 0 Å². The van der Waals surface area contributed by atoms with E-state index in [1.54, 1.807) is 18.5 Å². The lowest BCUT2D eigenvalue weighted by Gasteiger charge is -2.15. The van der Waals surface area contributed by atoms with Gasteiger partial charge in [-0.3, -0.25) is 19.5 Å². The van der Waals surface area contributed by atoms with Crippen LogP contribution in [0.25, 0.3) is 16.3 Å². The minimum absolute atomic E-state index is 0.146. The molecule has 168 valence electrons. The van der Waals surface area contributed by atoms with Gasteiger partial charge in [-0.05, 0) is 47.7 Å². The molecule has 2 amide bonds. The standard InChI is InChI=1S/C28H23N3O3/c1-2-34-22-14-12-21(13-15-22)25-26(30-24-11-5-9-20-8-3-4-10-23(20)24)28(33)31(27(25)32)18-19-7-6-16-29-17-19/h3-17,30H,2,18H2,1H3. The van der Waals surface area contributed by atoms with Crippen LogP contribution in [0.5, 0.6) is 5.75 Å². The topological polar surface area (TPSA) is 71.5 Å². The molecule has 6 nitrogen and oxygen atoms in total. The molecule has 1 aliphatic rings. The maximum atomic E-state index is 13.6. The molecular weight excluding hydrogens is 426 g/mol. The highest BCUT2D eigenvalue weighted by atomic mass is 16.5. The summed E-state index contributed by atoms with van der Waals surface area (Å²) < 4.78 is 5.54. The molecule has 1 N–H and O–H groups in total. The van der Waals surface area contributed by atoms with Gasteiger partial charge in [-0.15, -0.1) is 0 Å². The summed E-state index contributed by atoms with van der Waals surface area (Å²) >= 11 is 0. The first-order chi connectivity index (χ1) is 16.7. The second-order valence-corrected chi connectivity index (χ2v) is 7.92. The molecule has 0 atom stereocenters. The van der Waals surface area contributed by atoms with Crippen molar-refractivity contribution in [2.45, 2.75) is 13.5 Å². The van der Waals surface area contributed by atoms with Crippen molar-refractivity contribution in [3.63, 3.8) is 0 Å². The van der Waals surface area contributed by atoms with Crippen molar-refractivity contribution in [3.05, 3.63) is 108 Å². The van der Waals surface area contributed by atoms with Gasteiger partial charge in [-0.25, -0.2) is 0 Å². The van der Waals surface area contributed by atoms with E-state index in [9.17, 15) is 9.59 Å². The van der Waals surface area contributed by atoms with Crippen molar-refractivity contribution in [3.8, 4) is 5.75 Å². The molecule has 0 fully saturated rings. The molecule has 0 aliphatic carbocycles. The normalized spacial score (nSPS) is 13.6. The molecule has 3 aromatic carbocycles. The van der Waals surface area contributed by atoms with E-state index in [-0.39, 0.29) is 24.1 Å².